The molecule has 0 heterocycles. The Labute approximate surface area is 164 Å². The third kappa shape index (κ3) is 4.95. The van der Waals surface area contributed by atoms with E-state index >= 15 is 0 Å². The number of ether oxygens (including phenoxy) is 1. The van der Waals surface area contributed by atoms with Gasteiger partial charge in [-0.2, -0.15) is 0 Å². The monoisotopic (exact) mass is 410 g/mol. The molecule has 2 rings (SSSR count). The Hall–Kier alpha value is -3.20. The largest absolute Gasteiger partial charge is 0.483 e. The summed E-state index contributed by atoms with van der Waals surface area (Å²) in [5.41, 5.74) is 5.85. The quantitative estimate of drug-likeness (QED) is 0.317. The number of hydrogen-bond acceptors (Lipinski definition) is 4. The number of rotatable bonds is 7. The molecule has 0 spiro atoms. The lowest BCUT2D eigenvalue weighted by Crippen LogP contribution is -2.27. The van der Waals surface area contributed by atoms with Crippen molar-refractivity contribution < 1.29 is 23.1 Å². The van der Waals surface area contributed by atoms with Gasteiger partial charge >= 0.3 is 0 Å². The van der Waals surface area contributed by atoms with Crippen LogP contribution in [0.1, 0.15) is 21.5 Å². The van der Waals surface area contributed by atoms with E-state index in [1.807, 2.05) is 0 Å². The summed E-state index contributed by atoms with van der Waals surface area (Å²) < 4.78 is 32.6. The standard InChI is InChI=1S/C18H17ClF2N4O3/c1-24-14(26)8-28-13-6-9(17(22)23)2-3-10(13)7-25-18(27)11-4-5-12(20)15(19)16(11)21/h2-6H,7-8H2,1H3,(H3,22,23)(H,24,26)(H,25,27). The summed E-state index contributed by atoms with van der Waals surface area (Å²) in [6.45, 7) is -0.379. The minimum atomic E-state index is -1.16. The highest BCUT2D eigenvalue weighted by Gasteiger charge is 2.18. The lowest BCUT2D eigenvalue weighted by atomic mass is 10.1. The molecule has 0 saturated carbocycles. The Balaban J connectivity index is 2.20. The van der Waals surface area contributed by atoms with Gasteiger partial charge in [-0.25, -0.2) is 8.78 Å². The summed E-state index contributed by atoms with van der Waals surface area (Å²) >= 11 is 5.48. The zero-order valence-corrected chi connectivity index (χ0v) is 15.5. The van der Waals surface area contributed by atoms with Gasteiger partial charge in [0.05, 0.1) is 5.56 Å². The van der Waals surface area contributed by atoms with Crippen molar-refractivity contribution in [3.8, 4) is 5.75 Å². The van der Waals surface area contributed by atoms with Crippen LogP contribution in [-0.2, 0) is 11.3 Å². The number of nitrogens with one attached hydrogen (secondary N) is 3. The van der Waals surface area contributed by atoms with E-state index in [4.69, 9.17) is 27.5 Å². The van der Waals surface area contributed by atoms with Gasteiger partial charge in [0.1, 0.15) is 22.4 Å². The van der Waals surface area contributed by atoms with Crippen molar-refractivity contribution in [1.29, 1.82) is 5.41 Å². The minimum Gasteiger partial charge on any atom is -0.483 e. The van der Waals surface area contributed by atoms with Crippen LogP contribution in [-0.4, -0.2) is 31.3 Å². The summed E-state index contributed by atoms with van der Waals surface area (Å²) in [4.78, 5) is 23.6. The molecule has 0 saturated heterocycles. The van der Waals surface area contributed by atoms with Gasteiger partial charge in [0.2, 0.25) is 0 Å². The number of carbonyl (C=O) groups excluding carboxylic acids is 2. The third-order valence-corrected chi connectivity index (χ3v) is 4.08. The van der Waals surface area contributed by atoms with Crippen LogP contribution >= 0.6 is 11.6 Å². The summed E-state index contributed by atoms with van der Waals surface area (Å²) in [5, 5.41) is 11.6. The topological polar surface area (TPSA) is 117 Å². The van der Waals surface area contributed by atoms with Crippen molar-refractivity contribution in [2.45, 2.75) is 6.54 Å². The van der Waals surface area contributed by atoms with Crippen LogP contribution in [0.3, 0.4) is 0 Å². The van der Waals surface area contributed by atoms with Crippen molar-refractivity contribution in [2.75, 3.05) is 13.7 Å². The normalized spacial score (nSPS) is 10.3. The van der Waals surface area contributed by atoms with Gasteiger partial charge in [-0.15, -0.1) is 0 Å². The molecule has 10 heteroatoms. The molecule has 0 atom stereocenters. The van der Waals surface area contributed by atoms with Gasteiger partial charge in [-0.3, -0.25) is 15.0 Å². The van der Waals surface area contributed by atoms with E-state index in [2.05, 4.69) is 10.6 Å². The van der Waals surface area contributed by atoms with Crippen molar-refractivity contribution in [3.05, 3.63) is 63.7 Å². The SMILES string of the molecule is CNC(=O)COc1cc(C(=N)N)ccc1CNC(=O)c1ccc(F)c(Cl)c1F. The molecule has 2 aromatic rings. The van der Waals surface area contributed by atoms with E-state index in [0.29, 0.717) is 11.1 Å². The number of nitrogen functional groups attached to an aromatic ring is 1. The van der Waals surface area contributed by atoms with Crippen LogP contribution in [0.25, 0.3) is 0 Å². The zero-order chi connectivity index (χ0) is 20.8. The molecule has 0 bridgehead atoms. The molecule has 0 radical (unpaired) electrons. The van der Waals surface area contributed by atoms with Crippen molar-refractivity contribution >= 4 is 29.3 Å². The van der Waals surface area contributed by atoms with Gasteiger partial charge in [-0.1, -0.05) is 23.7 Å². The summed E-state index contributed by atoms with van der Waals surface area (Å²) in [6.07, 6.45) is 0. The van der Waals surface area contributed by atoms with Gasteiger partial charge in [0.25, 0.3) is 11.8 Å². The summed E-state index contributed by atoms with van der Waals surface area (Å²) in [7, 11) is 1.45. The Bertz CT molecular complexity index is 937. The number of amides is 2. The first-order valence-corrected chi connectivity index (χ1v) is 8.34. The molecule has 0 fully saturated rings. The Kier molecular flexibility index (Phi) is 6.89. The number of benzene rings is 2. The first-order chi connectivity index (χ1) is 13.2. The lowest BCUT2D eigenvalue weighted by molar-refractivity contribution is -0.122. The maximum Gasteiger partial charge on any atom is 0.257 e. The molecule has 0 aromatic heterocycles. The van der Waals surface area contributed by atoms with Gasteiger partial charge < -0.3 is 21.1 Å². The number of carbonyl (C=O) groups is 2. The second kappa shape index (κ2) is 9.14. The number of likely N-dealkylation sites (N-methyl/N-ethyl adjacent to an activating group) is 1. The van der Waals surface area contributed by atoms with Crippen LogP contribution in [0.4, 0.5) is 8.78 Å². The maximum atomic E-state index is 14.0. The second-order valence-electron chi connectivity index (χ2n) is 5.60. The molecule has 2 aromatic carbocycles. The third-order valence-electron chi connectivity index (χ3n) is 3.73. The fourth-order valence-corrected chi connectivity index (χ4v) is 2.35. The summed E-state index contributed by atoms with van der Waals surface area (Å²) in [6, 6.07) is 6.39. The first-order valence-electron chi connectivity index (χ1n) is 7.97. The van der Waals surface area contributed by atoms with Crippen molar-refractivity contribution in [1.82, 2.24) is 10.6 Å². The molecule has 148 valence electrons. The predicted octanol–water partition coefficient (Wildman–Crippen LogP) is 1.96. The molecule has 0 unspecified atom stereocenters. The predicted molar refractivity (Wildman–Crippen MR) is 99.6 cm³/mol. The number of nitrogens with two attached hydrogens (primary N) is 1. The van der Waals surface area contributed by atoms with Crippen LogP contribution in [0.2, 0.25) is 5.02 Å². The molecule has 2 amide bonds. The van der Waals surface area contributed by atoms with E-state index in [-0.39, 0.29) is 30.6 Å². The number of hydrogen-bond donors (Lipinski definition) is 4. The van der Waals surface area contributed by atoms with E-state index in [1.54, 1.807) is 6.07 Å². The average molecular weight is 411 g/mol. The molecule has 28 heavy (non-hydrogen) atoms. The number of amidine groups is 1. The molecular formula is C18H17ClF2N4O3. The molecule has 0 aliphatic rings. The fraction of sp³-hybridized carbons (Fsp3) is 0.167. The van der Waals surface area contributed by atoms with E-state index in [0.717, 1.165) is 12.1 Å². The Morgan fingerprint density at radius 1 is 1.25 bits per heavy atom. The van der Waals surface area contributed by atoms with E-state index in [1.165, 1.54) is 19.2 Å². The zero-order valence-electron chi connectivity index (χ0n) is 14.7. The highest BCUT2D eigenvalue weighted by atomic mass is 35.5. The number of halogens is 3. The van der Waals surface area contributed by atoms with Crippen LogP contribution < -0.4 is 21.1 Å². The average Bonchev–Trinajstić information content (AvgIpc) is 2.68. The minimum absolute atomic E-state index is 0.0888. The van der Waals surface area contributed by atoms with Crippen molar-refractivity contribution in [3.63, 3.8) is 0 Å². The van der Waals surface area contributed by atoms with E-state index < -0.39 is 28.1 Å². The smallest absolute Gasteiger partial charge is 0.257 e. The van der Waals surface area contributed by atoms with Gasteiger partial charge in [0, 0.05) is 24.7 Å². The lowest BCUT2D eigenvalue weighted by Gasteiger charge is -2.14. The molecule has 0 aliphatic carbocycles. The fourth-order valence-electron chi connectivity index (χ4n) is 2.19. The van der Waals surface area contributed by atoms with Crippen LogP contribution in [0, 0.1) is 17.0 Å². The maximum absolute atomic E-state index is 14.0. The highest BCUT2D eigenvalue weighted by Crippen LogP contribution is 2.23. The Morgan fingerprint density at radius 3 is 2.61 bits per heavy atom. The summed E-state index contributed by atoms with van der Waals surface area (Å²) in [5.74, 6) is -3.32. The molecular weight excluding hydrogens is 394 g/mol. The van der Waals surface area contributed by atoms with Gasteiger partial charge in [0.15, 0.2) is 12.4 Å². The Morgan fingerprint density at radius 2 is 1.96 bits per heavy atom. The van der Waals surface area contributed by atoms with Crippen LogP contribution in [0.5, 0.6) is 5.75 Å². The highest BCUT2D eigenvalue weighted by molar-refractivity contribution is 6.31. The van der Waals surface area contributed by atoms with Crippen molar-refractivity contribution in [2.24, 2.45) is 5.73 Å². The second-order valence-corrected chi connectivity index (χ2v) is 5.98. The molecule has 7 nitrogen and oxygen atoms in total. The van der Waals surface area contributed by atoms with E-state index in [9.17, 15) is 18.4 Å². The molecule has 0 aliphatic heterocycles. The first kappa shape index (κ1) is 21.1. The van der Waals surface area contributed by atoms with Crippen LogP contribution in [0.15, 0.2) is 30.3 Å². The molecule has 5 N–H and O–H groups in total. The van der Waals surface area contributed by atoms with Gasteiger partial charge in [-0.05, 0) is 18.2 Å².